The van der Waals surface area contributed by atoms with Gasteiger partial charge >= 0.3 is 0 Å². The second-order valence-corrected chi connectivity index (χ2v) is 5.82. The number of benzene rings is 1. The SMILES string of the molecule is O=c1c(=CC=Cc2ccccc2)sc2nc(-c3ccco3)nn12. The first-order chi connectivity index (χ1) is 11.3. The molecule has 0 aliphatic rings. The van der Waals surface area contributed by atoms with Crippen LogP contribution in [0.3, 0.4) is 0 Å². The molecule has 5 nitrogen and oxygen atoms in total. The highest BCUT2D eigenvalue weighted by molar-refractivity contribution is 7.15. The van der Waals surface area contributed by atoms with Gasteiger partial charge in [0.05, 0.1) is 10.8 Å². The number of hydrogen-bond acceptors (Lipinski definition) is 5. The molecular weight excluding hydrogens is 310 g/mol. The molecule has 0 N–H and O–H groups in total. The topological polar surface area (TPSA) is 60.4 Å². The van der Waals surface area contributed by atoms with E-state index in [2.05, 4.69) is 10.1 Å². The quantitative estimate of drug-likeness (QED) is 0.582. The molecule has 4 aromatic rings. The smallest absolute Gasteiger partial charge is 0.291 e. The zero-order chi connectivity index (χ0) is 15.6. The van der Waals surface area contributed by atoms with E-state index in [1.165, 1.54) is 15.9 Å². The number of rotatable bonds is 3. The fourth-order valence-corrected chi connectivity index (χ4v) is 3.03. The van der Waals surface area contributed by atoms with Crippen molar-refractivity contribution >= 4 is 28.4 Å². The Kier molecular flexibility index (Phi) is 3.36. The van der Waals surface area contributed by atoms with Gasteiger partial charge in [-0.3, -0.25) is 4.79 Å². The first kappa shape index (κ1) is 13.7. The Hall–Kier alpha value is -2.99. The van der Waals surface area contributed by atoms with Crippen LogP contribution in [0, 0.1) is 0 Å². The molecular formula is C17H11N3O2S. The highest BCUT2D eigenvalue weighted by Gasteiger charge is 2.12. The van der Waals surface area contributed by atoms with Gasteiger partial charge in [-0.1, -0.05) is 53.8 Å². The standard InChI is InChI=1S/C17H11N3O2S/c21-16-14(10-4-8-12-6-2-1-3-7-12)23-17-18-15(19-20(16)17)13-9-5-11-22-13/h1-11H. The van der Waals surface area contributed by atoms with Gasteiger partial charge < -0.3 is 4.42 Å². The fraction of sp³-hybridized carbons (Fsp3) is 0. The molecule has 1 aromatic carbocycles. The molecule has 0 aliphatic carbocycles. The lowest BCUT2D eigenvalue weighted by Crippen LogP contribution is -2.23. The van der Waals surface area contributed by atoms with Crippen LogP contribution in [0.25, 0.3) is 28.7 Å². The summed E-state index contributed by atoms with van der Waals surface area (Å²) in [6.45, 7) is 0. The number of furan rings is 1. The van der Waals surface area contributed by atoms with Crippen LogP contribution in [-0.2, 0) is 0 Å². The molecule has 0 radical (unpaired) electrons. The van der Waals surface area contributed by atoms with Crippen molar-refractivity contribution in [2.45, 2.75) is 0 Å². The summed E-state index contributed by atoms with van der Waals surface area (Å²) < 4.78 is 7.15. The van der Waals surface area contributed by atoms with Crippen molar-refractivity contribution in [3.8, 4) is 11.6 Å². The minimum absolute atomic E-state index is 0.173. The van der Waals surface area contributed by atoms with Gasteiger partial charge in [0.25, 0.3) is 5.56 Å². The lowest BCUT2D eigenvalue weighted by molar-refractivity contribution is 0.577. The summed E-state index contributed by atoms with van der Waals surface area (Å²) in [4.78, 5) is 17.2. The number of nitrogens with zero attached hydrogens (tertiary/aromatic N) is 3. The Morgan fingerprint density at radius 2 is 2.00 bits per heavy atom. The summed E-state index contributed by atoms with van der Waals surface area (Å²) in [6, 6.07) is 13.4. The average molecular weight is 321 g/mol. The molecule has 6 heteroatoms. The van der Waals surface area contributed by atoms with Crippen LogP contribution in [0.1, 0.15) is 5.56 Å². The molecule has 3 aromatic heterocycles. The second-order valence-electron chi connectivity index (χ2n) is 4.82. The van der Waals surface area contributed by atoms with Gasteiger partial charge in [-0.15, -0.1) is 5.10 Å². The number of hydrogen-bond donors (Lipinski definition) is 0. The number of aromatic nitrogens is 3. The summed E-state index contributed by atoms with van der Waals surface area (Å²) in [7, 11) is 0. The van der Waals surface area contributed by atoms with Gasteiger partial charge in [0, 0.05) is 0 Å². The van der Waals surface area contributed by atoms with Crippen molar-refractivity contribution in [2.75, 3.05) is 0 Å². The molecule has 0 unspecified atom stereocenters. The molecule has 23 heavy (non-hydrogen) atoms. The van der Waals surface area contributed by atoms with E-state index in [-0.39, 0.29) is 5.56 Å². The molecule has 0 spiro atoms. The molecule has 0 aliphatic heterocycles. The van der Waals surface area contributed by atoms with E-state index in [0.717, 1.165) is 5.56 Å². The number of thiazole rings is 1. The van der Waals surface area contributed by atoms with Crippen LogP contribution in [0.2, 0.25) is 0 Å². The first-order valence-corrected chi connectivity index (χ1v) is 7.80. The number of allylic oxidation sites excluding steroid dienone is 1. The zero-order valence-electron chi connectivity index (χ0n) is 11.9. The maximum Gasteiger partial charge on any atom is 0.291 e. The summed E-state index contributed by atoms with van der Waals surface area (Å²) in [5, 5.41) is 4.21. The molecule has 0 bridgehead atoms. The van der Waals surface area contributed by atoms with Gasteiger partial charge in [0.15, 0.2) is 5.76 Å². The predicted molar refractivity (Wildman–Crippen MR) is 90.0 cm³/mol. The molecule has 0 saturated carbocycles. The van der Waals surface area contributed by atoms with E-state index in [1.807, 2.05) is 42.5 Å². The minimum atomic E-state index is -0.173. The zero-order valence-corrected chi connectivity index (χ0v) is 12.7. The van der Waals surface area contributed by atoms with Crippen molar-refractivity contribution in [1.29, 1.82) is 0 Å². The van der Waals surface area contributed by atoms with E-state index in [4.69, 9.17) is 4.42 Å². The van der Waals surface area contributed by atoms with Crippen molar-refractivity contribution < 1.29 is 4.42 Å². The normalized spacial score (nSPS) is 12.6. The lowest BCUT2D eigenvalue weighted by atomic mass is 10.2. The third-order valence-electron chi connectivity index (χ3n) is 3.26. The van der Waals surface area contributed by atoms with Crippen LogP contribution in [0.4, 0.5) is 0 Å². The van der Waals surface area contributed by atoms with E-state index in [9.17, 15) is 4.79 Å². The maximum atomic E-state index is 12.3. The molecule has 0 saturated heterocycles. The maximum absolute atomic E-state index is 12.3. The van der Waals surface area contributed by atoms with E-state index in [0.29, 0.717) is 21.1 Å². The summed E-state index contributed by atoms with van der Waals surface area (Å²) >= 11 is 1.31. The van der Waals surface area contributed by atoms with Crippen molar-refractivity contribution in [2.24, 2.45) is 0 Å². The third-order valence-corrected chi connectivity index (χ3v) is 4.24. The average Bonchev–Trinajstić information content (AvgIpc) is 3.27. The lowest BCUT2D eigenvalue weighted by Gasteiger charge is -1.87. The summed E-state index contributed by atoms with van der Waals surface area (Å²) in [5.41, 5.74) is 0.906. The Bertz CT molecular complexity index is 1080. The Balaban J connectivity index is 1.70. The number of fused-ring (bicyclic) bond motifs is 1. The molecule has 112 valence electrons. The van der Waals surface area contributed by atoms with Gasteiger partial charge in [0.2, 0.25) is 10.8 Å². The molecule has 0 amide bonds. The summed E-state index contributed by atoms with van der Waals surface area (Å²) in [5.74, 6) is 0.972. The van der Waals surface area contributed by atoms with Crippen LogP contribution in [0.5, 0.6) is 0 Å². The Morgan fingerprint density at radius 3 is 2.74 bits per heavy atom. The Labute approximate surface area is 134 Å². The fourth-order valence-electron chi connectivity index (χ4n) is 2.17. The van der Waals surface area contributed by atoms with Gasteiger partial charge in [-0.05, 0) is 23.8 Å². The molecule has 4 rings (SSSR count). The first-order valence-electron chi connectivity index (χ1n) is 6.98. The van der Waals surface area contributed by atoms with Crippen molar-refractivity contribution in [1.82, 2.24) is 14.6 Å². The summed E-state index contributed by atoms with van der Waals surface area (Å²) in [6.07, 6.45) is 7.14. The van der Waals surface area contributed by atoms with Crippen molar-refractivity contribution in [3.63, 3.8) is 0 Å². The van der Waals surface area contributed by atoms with Gasteiger partial charge in [-0.25, -0.2) is 0 Å². The highest BCUT2D eigenvalue weighted by atomic mass is 32.1. The highest BCUT2D eigenvalue weighted by Crippen LogP contribution is 2.16. The van der Waals surface area contributed by atoms with Crippen LogP contribution in [0.15, 0.2) is 64.0 Å². The van der Waals surface area contributed by atoms with E-state index >= 15 is 0 Å². The van der Waals surface area contributed by atoms with Crippen molar-refractivity contribution in [3.05, 3.63) is 75.3 Å². The molecule has 0 atom stereocenters. The van der Waals surface area contributed by atoms with E-state index < -0.39 is 0 Å². The van der Waals surface area contributed by atoms with Crippen LogP contribution < -0.4 is 10.1 Å². The van der Waals surface area contributed by atoms with Gasteiger partial charge in [-0.2, -0.15) is 9.50 Å². The molecule has 0 fully saturated rings. The van der Waals surface area contributed by atoms with E-state index in [1.54, 1.807) is 24.5 Å². The minimum Gasteiger partial charge on any atom is -0.461 e. The Morgan fingerprint density at radius 1 is 1.13 bits per heavy atom. The van der Waals surface area contributed by atoms with Crippen LogP contribution in [-0.4, -0.2) is 14.6 Å². The van der Waals surface area contributed by atoms with Gasteiger partial charge in [0.1, 0.15) is 0 Å². The second kappa shape index (κ2) is 5.66. The monoisotopic (exact) mass is 321 g/mol. The largest absolute Gasteiger partial charge is 0.461 e. The molecule has 3 heterocycles. The van der Waals surface area contributed by atoms with Crippen LogP contribution >= 0.6 is 11.3 Å². The predicted octanol–water partition coefficient (Wildman–Crippen LogP) is 2.62. The third kappa shape index (κ3) is 2.60.